The Hall–Kier alpha value is -1.64. The van der Waals surface area contributed by atoms with E-state index in [0.29, 0.717) is 18.4 Å². The predicted octanol–water partition coefficient (Wildman–Crippen LogP) is 2.36. The lowest BCUT2D eigenvalue weighted by molar-refractivity contribution is -0.123. The number of hydrogen-bond acceptors (Lipinski definition) is 3. The number of ketones is 1. The van der Waals surface area contributed by atoms with Crippen LogP contribution >= 0.6 is 0 Å². The van der Waals surface area contributed by atoms with E-state index in [0.717, 1.165) is 12.8 Å². The van der Waals surface area contributed by atoms with Gasteiger partial charge >= 0.3 is 5.97 Å². The highest BCUT2D eigenvalue weighted by molar-refractivity contribution is 5.93. The number of esters is 1. The molecule has 2 saturated carbocycles. The van der Waals surface area contributed by atoms with Crippen molar-refractivity contribution in [3.63, 3.8) is 0 Å². The van der Waals surface area contributed by atoms with Gasteiger partial charge in [-0.3, -0.25) is 4.79 Å². The zero-order valence-corrected chi connectivity index (χ0v) is 9.52. The molecule has 1 aromatic carbocycles. The summed E-state index contributed by atoms with van der Waals surface area (Å²) in [6, 6.07) is 8.95. The Morgan fingerprint density at radius 1 is 1.24 bits per heavy atom. The molecule has 0 aliphatic heterocycles. The van der Waals surface area contributed by atoms with E-state index in [1.54, 1.807) is 12.1 Å². The second-order valence-electron chi connectivity index (χ2n) is 4.88. The number of ether oxygens (including phenoxy) is 1. The summed E-state index contributed by atoms with van der Waals surface area (Å²) in [5.41, 5.74) is 0.257. The molecule has 3 nitrogen and oxygen atoms in total. The first-order valence-corrected chi connectivity index (χ1v) is 6.02. The molecule has 0 bridgehead atoms. The molecule has 3 rings (SSSR count). The summed E-state index contributed by atoms with van der Waals surface area (Å²) < 4.78 is 5.49. The summed E-state index contributed by atoms with van der Waals surface area (Å²) >= 11 is 0. The van der Waals surface area contributed by atoms with Crippen LogP contribution in [-0.2, 0) is 9.53 Å². The summed E-state index contributed by atoms with van der Waals surface area (Å²) in [4.78, 5) is 23.6. The molecular formula is C14H14O3. The molecule has 1 aromatic rings. The van der Waals surface area contributed by atoms with Crippen LogP contribution in [0.25, 0.3) is 0 Å². The minimum atomic E-state index is -0.309. The van der Waals surface area contributed by atoms with Crippen LogP contribution in [0.5, 0.6) is 0 Å². The summed E-state index contributed by atoms with van der Waals surface area (Å²) in [6.45, 7) is 0. The largest absolute Gasteiger partial charge is 0.458 e. The van der Waals surface area contributed by atoms with Gasteiger partial charge in [0.1, 0.15) is 11.9 Å². The lowest BCUT2D eigenvalue weighted by atomic mass is 10.0. The first-order chi connectivity index (χ1) is 8.22. The van der Waals surface area contributed by atoms with Crippen LogP contribution in [0.3, 0.4) is 0 Å². The zero-order chi connectivity index (χ0) is 11.9. The highest BCUT2D eigenvalue weighted by atomic mass is 16.5. The smallest absolute Gasteiger partial charge is 0.338 e. The second kappa shape index (κ2) is 3.69. The van der Waals surface area contributed by atoms with E-state index in [9.17, 15) is 9.59 Å². The number of hydrogen-bond donors (Lipinski definition) is 0. The van der Waals surface area contributed by atoms with Gasteiger partial charge in [-0.15, -0.1) is 0 Å². The van der Waals surface area contributed by atoms with Crippen LogP contribution in [0.4, 0.5) is 0 Å². The average Bonchev–Trinajstić information content (AvgIpc) is 3.10. The Bertz CT molecular complexity index is 460. The van der Waals surface area contributed by atoms with E-state index in [1.807, 2.05) is 18.2 Å². The van der Waals surface area contributed by atoms with Crippen molar-refractivity contribution in [2.75, 3.05) is 0 Å². The van der Waals surface area contributed by atoms with Crippen LogP contribution in [0.2, 0.25) is 0 Å². The molecule has 2 fully saturated rings. The number of Topliss-reactive ketones (excluding diaryl/α,β-unsaturated/α-hetero) is 1. The van der Waals surface area contributed by atoms with Crippen molar-refractivity contribution in [2.24, 2.45) is 5.41 Å². The summed E-state index contributed by atoms with van der Waals surface area (Å²) in [5, 5.41) is 0. The number of benzene rings is 1. The first kappa shape index (κ1) is 10.5. The van der Waals surface area contributed by atoms with Crippen LogP contribution in [0.15, 0.2) is 30.3 Å². The van der Waals surface area contributed by atoms with Gasteiger partial charge in [-0.05, 0) is 31.4 Å². The van der Waals surface area contributed by atoms with E-state index >= 15 is 0 Å². The van der Waals surface area contributed by atoms with Crippen molar-refractivity contribution < 1.29 is 14.3 Å². The predicted molar refractivity (Wildman–Crippen MR) is 61.6 cm³/mol. The SMILES string of the molecule is O=C(OC1CCC(=O)C12CC2)c1ccccc1. The van der Waals surface area contributed by atoms with E-state index in [-0.39, 0.29) is 23.3 Å². The molecule has 1 unspecified atom stereocenters. The minimum absolute atomic E-state index is 0.192. The van der Waals surface area contributed by atoms with Gasteiger partial charge in [0.25, 0.3) is 0 Å². The minimum Gasteiger partial charge on any atom is -0.458 e. The lowest BCUT2D eigenvalue weighted by Crippen LogP contribution is -2.26. The van der Waals surface area contributed by atoms with E-state index < -0.39 is 0 Å². The van der Waals surface area contributed by atoms with Crippen molar-refractivity contribution >= 4 is 11.8 Å². The van der Waals surface area contributed by atoms with Crippen molar-refractivity contribution in [2.45, 2.75) is 31.8 Å². The third kappa shape index (κ3) is 1.66. The summed E-state index contributed by atoms with van der Waals surface area (Å²) in [5.74, 6) is -0.0278. The van der Waals surface area contributed by atoms with Crippen LogP contribution in [0, 0.1) is 5.41 Å². The molecule has 1 atom stereocenters. The van der Waals surface area contributed by atoms with E-state index in [2.05, 4.69) is 0 Å². The molecule has 0 saturated heterocycles. The fourth-order valence-corrected chi connectivity index (χ4v) is 2.65. The van der Waals surface area contributed by atoms with Gasteiger partial charge in [0, 0.05) is 6.42 Å². The first-order valence-electron chi connectivity index (χ1n) is 6.02. The molecule has 0 amide bonds. The van der Waals surface area contributed by atoms with Gasteiger partial charge in [-0.1, -0.05) is 18.2 Å². The molecule has 3 heteroatoms. The van der Waals surface area contributed by atoms with Gasteiger partial charge in [0.2, 0.25) is 0 Å². The van der Waals surface area contributed by atoms with Gasteiger partial charge in [-0.2, -0.15) is 0 Å². The van der Waals surface area contributed by atoms with Crippen molar-refractivity contribution in [1.29, 1.82) is 0 Å². The highest BCUT2D eigenvalue weighted by Gasteiger charge is 2.60. The van der Waals surface area contributed by atoms with Crippen molar-refractivity contribution in [3.05, 3.63) is 35.9 Å². The molecule has 2 aliphatic rings. The fraction of sp³-hybridized carbons (Fsp3) is 0.429. The quantitative estimate of drug-likeness (QED) is 0.732. The molecule has 0 heterocycles. The maximum Gasteiger partial charge on any atom is 0.338 e. The number of rotatable bonds is 2. The Morgan fingerprint density at radius 2 is 1.94 bits per heavy atom. The van der Waals surface area contributed by atoms with Crippen molar-refractivity contribution in [1.82, 2.24) is 0 Å². The van der Waals surface area contributed by atoms with E-state index in [4.69, 9.17) is 4.74 Å². The van der Waals surface area contributed by atoms with E-state index in [1.165, 1.54) is 0 Å². The standard InChI is InChI=1S/C14H14O3/c15-11-6-7-12(14(11)8-9-14)17-13(16)10-4-2-1-3-5-10/h1-5,12H,6-9H2. The monoisotopic (exact) mass is 230 g/mol. The van der Waals surface area contributed by atoms with Gasteiger partial charge < -0.3 is 4.74 Å². The average molecular weight is 230 g/mol. The third-order valence-electron chi connectivity index (χ3n) is 3.85. The number of carbonyl (C=O) groups excluding carboxylic acids is 2. The highest BCUT2D eigenvalue weighted by Crippen LogP contribution is 2.56. The fourth-order valence-electron chi connectivity index (χ4n) is 2.65. The lowest BCUT2D eigenvalue weighted by Gasteiger charge is -2.17. The molecule has 0 N–H and O–H groups in total. The molecule has 0 aromatic heterocycles. The molecule has 2 aliphatic carbocycles. The van der Waals surface area contributed by atoms with Crippen LogP contribution in [0.1, 0.15) is 36.0 Å². The van der Waals surface area contributed by atoms with Gasteiger partial charge in [-0.25, -0.2) is 4.79 Å². The van der Waals surface area contributed by atoms with Crippen LogP contribution in [-0.4, -0.2) is 17.9 Å². The molecule has 17 heavy (non-hydrogen) atoms. The number of carbonyl (C=O) groups is 2. The van der Waals surface area contributed by atoms with Gasteiger partial charge in [0.15, 0.2) is 0 Å². The maximum atomic E-state index is 11.9. The summed E-state index contributed by atoms with van der Waals surface area (Å²) in [6.07, 6.45) is 2.84. The Kier molecular flexibility index (Phi) is 2.28. The van der Waals surface area contributed by atoms with Crippen molar-refractivity contribution in [3.8, 4) is 0 Å². The topological polar surface area (TPSA) is 43.4 Å². The van der Waals surface area contributed by atoms with Crippen LogP contribution < -0.4 is 0 Å². The molecule has 1 spiro atoms. The normalized spacial score (nSPS) is 24.9. The Balaban J connectivity index is 1.73. The summed E-state index contributed by atoms with van der Waals surface area (Å²) in [7, 11) is 0. The molecule has 0 radical (unpaired) electrons. The third-order valence-corrected chi connectivity index (χ3v) is 3.85. The molecular weight excluding hydrogens is 216 g/mol. The second-order valence-corrected chi connectivity index (χ2v) is 4.88. The van der Waals surface area contributed by atoms with Gasteiger partial charge in [0.05, 0.1) is 11.0 Å². The molecule has 88 valence electrons. The zero-order valence-electron chi connectivity index (χ0n) is 9.52. The maximum absolute atomic E-state index is 11.9. The Labute approximate surface area is 99.8 Å². The Morgan fingerprint density at radius 3 is 2.59 bits per heavy atom.